The number of nitrogens with zero attached hydrogens (tertiary/aromatic N) is 3. The topological polar surface area (TPSA) is 64.6 Å². The first-order valence-electron chi connectivity index (χ1n) is 11.9. The molecule has 4 rings (SSSR count). The highest BCUT2D eigenvalue weighted by Gasteiger charge is 2.31. The highest BCUT2D eigenvalue weighted by molar-refractivity contribution is 5.98. The third-order valence-electron chi connectivity index (χ3n) is 4.01. The lowest BCUT2D eigenvalue weighted by molar-refractivity contribution is -0.274. The molecule has 0 spiro atoms. The molecule has 154 valence electrons. The van der Waals surface area contributed by atoms with Crippen LogP contribution in [0, 0.1) is 0 Å². The predicted octanol–water partition coefficient (Wildman–Crippen LogP) is 4.08. The van der Waals surface area contributed by atoms with Crippen LogP contribution < -0.4 is 9.47 Å². The quantitative estimate of drug-likeness (QED) is 0.634. The van der Waals surface area contributed by atoms with E-state index in [2.05, 4.69) is 14.7 Å². The van der Waals surface area contributed by atoms with Gasteiger partial charge in [0.1, 0.15) is 23.9 Å². The molecule has 0 saturated carbocycles. The zero-order chi connectivity index (χ0) is 27.3. The number of hydrogen-bond acceptors (Lipinski definition) is 5. The fourth-order valence-corrected chi connectivity index (χ4v) is 2.71. The Morgan fingerprint density at radius 3 is 2.70 bits per heavy atom. The molecule has 1 aliphatic rings. The van der Waals surface area contributed by atoms with Gasteiger partial charge in [0.05, 0.1) is 28.2 Å². The van der Waals surface area contributed by atoms with Gasteiger partial charge in [-0.15, -0.1) is 13.2 Å². The van der Waals surface area contributed by atoms with Crippen molar-refractivity contribution in [2.75, 3.05) is 13.1 Å². The van der Waals surface area contributed by atoms with E-state index in [0.717, 1.165) is 17.0 Å². The molecule has 3 aromatic rings. The average Bonchev–Trinajstić information content (AvgIpc) is 2.87. The second-order valence-electron chi connectivity index (χ2n) is 6.02. The molecule has 0 N–H and O–H groups in total. The number of rotatable bonds is 4. The lowest BCUT2D eigenvalue weighted by Gasteiger charge is -2.19. The van der Waals surface area contributed by atoms with E-state index in [1.807, 2.05) is 0 Å². The molecular formula is C21H16F3N3O3. The summed E-state index contributed by atoms with van der Waals surface area (Å²) in [5.74, 6) is -1.91. The smallest absolute Gasteiger partial charge is 0.491 e. The zero-order valence-electron chi connectivity index (χ0n) is 22.0. The van der Waals surface area contributed by atoms with Gasteiger partial charge in [-0.25, -0.2) is 9.97 Å². The van der Waals surface area contributed by atoms with Crippen LogP contribution in [0.2, 0.25) is 0 Å². The summed E-state index contributed by atoms with van der Waals surface area (Å²) in [5, 5.41) is 0. The number of aromatic nitrogens is 2. The van der Waals surface area contributed by atoms with Gasteiger partial charge in [-0.2, -0.15) is 0 Å². The fraction of sp³-hybridized carbons (Fsp3) is 0.190. The van der Waals surface area contributed by atoms with E-state index < -0.39 is 68.1 Å². The van der Waals surface area contributed by atoms with Crippen LogP contribution in [0.1, 0.15) is 25.8 Å². The molecular weight excluding hydrogens is 399 g/mol. The lowest BCUT2D eigenvalue weighted by atomic mass is 10.0. The third kappa shape index (κ3) is 4.51. The molecule has 9 heteroatoms. The summed E-state index contributed by atoms with van der Waals surface area (Å²) in [6.07, 6.45) is -6.12. The van der Waals surface area contributed by atoms with Crippen molar-refractivity contribution in [1.82, 2.24) is 14.9 Å². The average molecular weight is 422 g/mol. The minimum absolute atomic E-state index is 0.0148. The molecule has 1 aliphatic heterocycles. The molecule has 0 unspecified atom stereocenters. The van der Waals surface area contributed by atoms with Crippen molar-refractivity contribution in [1.29, 1.82) is 0 Å². The van der Waals surface area contributed by atoms with Crippen molar-refractivity contribution < 1.29 is 37.0 Å². The monoisotopic (exact) mass is 422 g/mol. The van der Waals surface area contributed by atoms with Crippen LogP contribution in [0.5, 0.6) is 11.5 Å². The second-order valence-corrected chi connectivity index (χ2v) is 6.02. The molecule has 0 bridgehead atoms. The molecule has 0 fully saturated rings. The molecule has 0 aliphatic carbocycles. The summed E-state index contributed by atoms with van der Waals surface area (Å²) >= 11 is 0. The summed E-state index contributed by atoms with van der Waals surface area (Å²) in [6.45, 7) is -3.35. The Morgan fingerprint density at radius 2 is 1.93 bits per heavy atom. The summed E-state index contributed by atoms with van der Waals surface area (Å²) in [7, 11) is 0. The SMILES string of the molecule is [2H]c1nc(CN2CC([2H])([2H])Oc3ccc(-c4ccc(OC(F)(F)F)c([2H])c4[2H])cc3C2=O)nc([2H])c1[2H]. The highest BCUT2D eigenvalue weighted by Crippen LogP contribution is 2.31. The molecule has 0 radical (unpaired) electrons. The standard InChI is InChI=1S/C21H16F3N3O3/c22-21(23,24)30-16-5-2-14(3-6-16)15-4-7-18-17(12-15)20(28)27(10-11-29-18)13-19-25-8-1-9-26-19/h1-9,12H,10-11,13H2/i1D,2D,5D,8D,9D,11D2. The van der Waals surface area contributed by atoms with E-state index in [9.17, 15) is 18.0 Å². The van der Waals surface area contributed by atoms with Crippen LogP contribution in [-0.2, 0) is 6.54 Å². The number of benzene rings is 2. The van der Waals surface area contributed by atoms with Crippen molar-refractivity contribution in [2.24, 2.45) is 0 Å². The zero-order valence-corrected chi connectivity index (χ0v) is 15.0. The molecule has 6 nitrogen and oxygen atoms in total. The number of alkyl halides is 3. The highest BCUT2D eigenvalue weighted by atomic mass is 19.4. The number of carbonyl (C=O) groups is 1. The molecule has 1 aromatic heterocycles. The number of ether oxygens (including phenoxy) is 2. The largest absolute Gasteiger partial charge is 0.573 e. The molecule has 0 saturated heterocycles. The van der Waals surface area contributed by atoms with E-state index in [-0.39, 0.29) is 28.3 Å². The first kappa shape index (κ1) is 12.8. The number of hydrogen-bond donors (Lipinski definition) is 0. The fourth-order valence-electron chi connectivity index (χ4n) is 2.71. The molecule has 1 amide bonds. The minimum atomic E-state index is -5.05. The Hall–Kier alpha value is -3.62. The number of halogens is 3. The minimum Gasteiger partial charge on any atom is -0.491 e. The van der Waals surface area contributed by atoms with E-state index in [1.165, 1.54) is 18.2 Å². The van der Waals surface area contributed by atoms with Gasteiger partial charge in [-0.1, -0.05) is 18.2 Å². The summed E-state index contributed by atoms with van der Waals surface area (Å²) < 4.78 is 102. The van der Waals surface area contributed by atoms with Gasteiger partial charge < -0.3 is 14.4 Å². The van der Waals surface area contributed by atoms with Gasteiger partial charge in [-0.3, -0.25) is 4.79 Å². The maximum absolute atomic E-state index is 13.4. The predicted molar refractivity (Wildman–Crippen MR) is 101 cm³/mol. The molecule has 2 heterocycles. The van der Waals surface area contributed by atoms with Crippen molar-refractivity contribution in [3.05, 3.63) is 72.2 Å². The van der Waals surface area contributed by atoms with Crippen LogP contribution in [0.15, 0.2) is 60.8 Å². The Balaban J connectivity index is 1.73. The maximum atomic E-state index is 13.4. The number of fused-ring (bicyclic) bond motifs is 1. The number of carbonyl (C=O) groups excluding carboxylic acids is 1. The van der Waals surface area contributed by atoms with Crippen molar-refractivity contribution >= 4 is 5.91 Å². The van der Waals surface area contributed by atoms with E-state index in [0.29, 0.717) is 0 Å². The normalized spacial score (nSPS) is 19.0. The van der Waals surface area contributed by atoms with Crippen LogP contribution >= 0.6 is 0 Å². The van der Waals surface area contributed by atoms with Crippen molar-refractivity contribution in [2.45, 2.75) is 12.9 Å². The van der Waals surface area contributed by atoms with Crippen LogP contribution in [0.25, 0.3) is 11.1 Å². The van der Waals surface area contributed by atoms with Gasteiger partial charge in [0.2, 0.25) is 0 Å². The summed E-state index contributed by atoms with van der Waals surface area (Å²) in [6, 6.07) is 3.97. The summed E-state index contributed by atoms with van der Waals surface area (Å²) in [5.41, 5.74) is 0.0441. The van der Waals surface area contributed by atoms with E-state index in [4.69, 9.17) is 14.3 Å². The third-order valence-corrected chi connectivity index (χ3v) is 4.01. The molecule has 30 heavy (non-hydrogen) atoms. The van der Waals surface area contributed by atoms with Gasteiger partial charge in [0.25, 0.3) is 5.91 Å². The van der Waals surface area contributed by atoms with E-state index >= 15 is 0 Å². The molecule has 2 aromatic carbocycles. The first-order valence-corrected chi connectivity index (χ1v) is 8.44. The van der Waals surface area contributed by atoms with Crippen LogP contribution in [0.4, 0.5) is 13.2 Å². The molecule has 0 atom stereocenters. The Kier molecular flexibility index (Phi) is 3.43. The van der Waals surface area contributed by atoms with E-state index in [1.54, 1.807) is 0 Å². The Labute approximate surface area is 179 Å². The van der Waals surface area contributed by atoms with Gasteiger partial charge in [0, 0.05) is 12.3 Å². The Bertz CT molecular complexity index is 1380. The van der Waals surface area contributed by atoms with Gasteiger partial charge in [0.15, 0.2) is 0 Å². The Morgan fingerprint density at radius 1 is 1.17 bits per heavy atom. The van der Waals surface area contributed by atoms with Crippen molar-refractivity contribution in [3.63, 3.8) is 0 Å². The van der Waals surface area contributed by atoms with Crippen molar-refractivity contribution in [3.8, 4) is 22.6 Å². The van der Waals surface area contributed by atoms with Crippen LogP contribution in [0.3, 0.4) is 0 Å². The van der Waals surface area contributed by atoms with Gasteiger partial charge in [-0.05, 0) is 41.4 Å². The first-order chi connectivity index (χ1) is 17.1. The maximum Gasteiger partial charge on any atom is 0.573 e. The second kappa shape index (κ2) is 8.02. The van der Waals surface area contributed by atoms with Crippen LogP contribution in [-0.4, -0.2) is 40.2 Å². The summed E-state index contributed by atoms with van der Waals surface area (Å²) in [4.78, 5) is 21.9. The lowest BCUT2D eigenvalue weighted by Crippen LogP contribution is -2.32. The number of amides is 1. The van der Waals surface area contributed by atoms with Gasteiger partial charge >= 0.3 is 6.36 Å².